The number of hydrogen-bond acceptors (Lipinski definition) is 3. The van der Waals surface area contributed by atoms with E-state index in [1.807, 2.05) is 12.1 Å². The van der Waals surface area contributed by atoms with Crippen LogP contribution in [0.1, 0.15) is 30.1 Å². The van der Waals surface area contributed by atoms with Crippen molar-refractivity contribution in [3.8, 4) is 0 Å². The lowest BCUT2D eigenvalue weighted by molar-refractivity contribution is 0.152. The Bertz CT molecular complexity index is 361. The summed E-state index contributed by atoms with van der Waals surface area (Å²) in [6.45, 7) is 7.64. The standard InChI is InChI=1S/C15H24N2O/c1-13-4-2-5-14(12-13)15(18)6-3-9-17-10-7-16-8-11-17/h2,4-5,12,15-16,18H,3,6-11H2,1H3. The maximum absolute atomic E-state index is 10.1. The fourth-order valence-electron chi connectivity index (χ4n) is 2.49. The second-order valence-electron chi connectivity index (χ2n) is 5.16. The van der Waals surface area contributed by atoms with Gasteiger partial charge in [-0.05, 0) is 31.9 Å². The second kappa shape index (κ2) is 6.88. The Morgan fingerprint density at radius 1 is 1.33 bits per heavy atom. The summed E-state index contributed by atoms with van der Waals surface area (Å²) in [5.74, 6) is 0. The van der Waals surface area contributed by atoms with E-state index in [1.165, 1.54) is 5.56 Å². The lowest BCUT2D eigenvalue weighted by Crippen LogP contribution is -2.43. The van der Waals surface area contributed by atoms with E-state index < -0.39 is 0 Å². The van der Waals surface area contributed by atoms with Gasteiger partial charge in [-0.2, -0.15) is 0 Å². The number of aliphatic hydroxyl groups is 1. The van der Waals surface area contributed by atoms with Crippen molar-refractivity contribution >= 4 is 0 Å². The molecule has 1 saturated heterocycles. The normalized spacial score (nSPS) is 18.8. The maximum atomic E-state index is 10.1. The zero-order valence-electron chi connectivity index (χ0n) is 11.2. The fraction of sp³-hybridized carbons (Fsp3) is 0.600. The molecule has 0 spiro atoms. The van der Waals surface area contributed by atoms with Gasteiger partial charge in [0.1, 0.15) is 0 Å². The molecule has 1 heterocycles. The molecule has 1 fully saturated rings. The summed E-state index contributed by atoms with van der Waals surface area (Å²) in [5, 5.41) is 13.5. The number of aliphatic hydroxyl groups excluding tert-OH is 1. The van der Waals surface area contributed by atoms with Gasteiger partial charge >= 0.3 is 0 Å². The van der Waals surface area contributed by atoms with Crippen LogP contribution in [-0.2, 0) is 0 Å². The summed E-state index contributed by atoms with van der Waals surface area (Å²) in [7, 11) is 0. The third-order valence-electron chi connectivity index (χ3n) is 3.59. The second-order valence-corrected chi connectivity index (χ2v) is 5.16. The van der Waals surface area contributed by atoms with Crippen LogP contribution < -0.4 is 5.32 Å². The van der Waals surface area contributed by atoms with Crippen molar-refractivity contribution in [1.29, 1.82) is 0 Å². The van der Waals surface area contributed by atoms with Crippen molar-refractivity contribution in [2.24, 2.45) is 0 Å². The van der Waals surface area contributed by atoms with Gasteiger partial charge in [0.25, 0.3) is 0 Å². The van der Waals surface area contributed by atoms with Crippen molar-refractivity contribution in [2.45, 2.75) is 25.9 Å². The van der Waals surface area contributed by atoms with E-state index in [0.717, 1.165) is 51.1 Å². The van der Waals surface area contributed by atoms with Crippen molar-refractivity contribution in [2.75, 3.05) is 32.7 Å². The average Bonchev–Trinajstić information content (AvgIpc) is 2.40. The molecule has 1 unspecified atom stereocenters. The molecule has 3 nitrogen and oxygen atoms in total. The van der Waals surface area contributed by atoms with Crippen LogP contribution in [0.5, 0.6) is 0 Å². The third kappa shape index (κ3) is 4.09. The first kappa shape index (κ1) is 13.5. The largest absolute Gasteiger partial charge is 0.388 e. The highest BCUT2D eigenvalue weighted by molar-refractivity contribution is 5.23. The summed E-state index contributed by atoms with van der Waals surface area (Å²) in [5.41, 5.74) is 2.27. The van der Waals surface area contributed by atoms with Crippen LogP contribution in [-0.4, -0.2) is 42.7 Å². The topological polar surface area (TPSA) is 35.5 Å². The van der Waals surface area contributed by atoms with Gasteiger partial charge in [0.15, 0.2) is 0 Å². The van der Waals surface area contributed by atoms with Crippen molar-refractivity contribution < 1.29 is 5.11 Å². The molecule has 3 heteroatoms. The molecule has 0 aromatic heterocycles. The number of nitrogens with zero attached hydrogens (tertiary/aromatic N) is 1. The quantitative estimate of drug-likeness (QED) is 0.833. The molecule has 1 atom stereocenters. The SMILES string of the molecule is Cc1cccc(C(O)CCCN2CCNCC2)c1. The zero-order valence-corrected chi connectivity index (χ0v) is 11.2. The van der Waals surface area contributed by atoms with Crippen molar-refractivity contribution in [3.63, 3.8) is 0 Å². The molecule has 0 bridgehead atoms. The smallest absolute Gasteiger partial charge is 0.0790 e. The van der Waals surface area contributed by atoms with E-state index in [0.29, 0.717) is 0 Å². The Labute approximate surface area is 110 Å². The fourth-order valence-corrected chi connectivity index (χ4v) is 2.49. The first-order valence-corrected chi connectivity index (χ1v) is 6.93. The van der Waals surface area contributed by atoms with E-state index in [9.17, 15) is 5.11 Å². The van der Waals surface area contributed by atoms with Crippen LogP contribution in [0.4, 0.5) is 0 Å². The molecule has 0 amide bonds. The van der Waals surface area contributed by atoms with E-state index >= 15 is 0 Å². The molecule has 1 aliphatic rings. The summed E-state index contributed by atoms with van der Waals surface area (Å²) < 4.78 is 0. The van der Waals surface area contributed by atoms with Gasteiger partial charge in [-0.1, -0.05) is 29.8 Å². The van der Waals surface area contributed by atoms with Gasteiger partial charge in [0.2, 0.25) is 0 Å². The van der Waals surface area contributed by atoms with Crippen molar-refractivity contribution in [1.82, 2.24) is 10.2 Å². The highest BCUT2D eigenvalue weighted by Gasteiger charge is 2.11. The van der Waals surface area contributed by atoms with Crippen molar-refractivity contribution in [3.05, 3.63) is 35.4 Å². The number of nitrogens with one attached hydrogen (secondary N) is 1. The third-order valence-corrected chi connectivity index (χ3v) is 3.59. The molecule has 18 heavy (non-hydrogen) atoms. The van der Waals surface area contributed by atoms with Gasteiger partial charge in [-0.25, -0.2) is 0 Å². The number of aryl methyl sites for hydroxylation is 1. The zero-order chi connectivity index (χ0) is 12.8. The van der Waals surface area contributed by atoms with Gasteiger partial charge in [0.05, 0.1) is 6.10 Å². The van der Waals surface area contributed by atoms with Crippen LogP contribution in [0.15, 0.2) is 24.3 Å². The van der Waals surface area contributed by atoms with E-state index in [1.54, 1.807) is 0 Å². The first-order valence-electron chi connectivity index (χ1n) is 6.93. The summed E-state index contributed by atoms with van der Waals surface area (Å²) >= 11 is 0. The minimum Gasteiger partial charge on any atom is -0.388 e. The minimum absolute atomic E-state index is 0.312. The summed E-state index contributed by atoms with van der Waals surface area (Å²) in [6, 6.07) is 8.18. The average molecular weight is 248 g/mol. The monoisotopic (exact) mass is 248 g/mol. The summed E-state index contributed by atoms with van der Waals surface area (Å²) in [4.78, 5) is 2.47. The molecule has 2 rings (SSSR count). The molecule has 1 aromatic carbocycles. The Morgan fingerprint density at radius 3 is 2.83 bits per heavy atom. The Morgan fingerprint density at radius 2 is 2.11 bits per heavy atom. The lowest BCUT2D eigenvalue weighted by atomic mass is 10.0. The Balaban J connectivity index is 1.72. The Kier molecular flexibility index (Phi) is 5.17. The molecule has 2 N–H and O–H groups in total. The number of benzene rings is 1. The van der Waals surface area contributed by atoms with Crippen LogP contribution in [0.3, 0.4) is 0 Å². The maximum Gasteiger partial charge on any atom is 0.0790 e. The van der Waals surface area contributed by atoms with Crippen LogP contribution in [0.2, 0.25) is 0 Å². The van der Waals surface area contributed by atoms with Gasteiger partial charge < -0.3 is 15.3 Å². The van der Waals surface area contributed by atoms with Crippen LogP contribution in [0, 0.1) is 6.92 Å². The molecule has 0 aliphatic carbocycles. The molecule has 0 saturated carbocycles. The molecule has 1 aromatic rings. The predicted molar refractivity (Wildman–Crippen MR) is 74.7 cm³/mol. The first-order chi connectivity index (χ1) is 8.75. The van der Waals surface area contributed by atoms with Gasteiger partial charge in [-0.3, -0.25) is 0 Å². The minimum atomic E-state index is -0.312. The summed E-state index contributed by atoms with van der Waals surface area (Å²) in [6.07, 6.45) is 1.61. The number of rotatable bonds is 5. The number of piperazine rings is 1. The molecule has 1 aliphatic heterocycles. The lowest BCUT2D eigenvalue weighted by Gasteiger charge is -2.27. The molecular formula is C15H24N2O. The van der Waals surface area contributed by atoms with E-state index in [-0.39, 0.29) is 6.10 Å². The highest BCUT2D eigenvalue weighted by atomic mass is 16.3. The number of hydrogen-bond donors (Lipinski definition) is 2. The van der Waals surface area contributed by atoms with Crippen LogP contribution in [0.25, 0.3) is 0 Å². The van der Waals surface area contributed by atoms with E-state index in [4.69, 9.17) is 0 Å². The highest BCUT2D eigenvalue weighted by Crippen LogP contribution is 2.19. The Hall–Kier alpha value is -0.900. The van der Waals surface area contributed by atoms with Crippen LogP contribution >= 0.6 is 0 Å². The molecular weight excluding hydrogens is 224 g/mol. The van der Waals surface area contributed by atoms with Gasteiger partial charge in [-0.15, -0.1) is 0 Å². The predicted octanol–water partition coefficient (Wildman–Crippen LogP) is 1.71. The molecule has 0 radical (unpaired) electrons. The van der Waals surface area contributed by atoms with E-state index in [2.05, 4.69) is 29.3 Å². The van der Waals surface area contributed by atoms with Gasteiger partial charge in [0, 0.05) is 26.2 Å². The molecule has 100 valence electrons.